The predicted octanol–water partition coefficient (Wildman–Crippen LogP) is 4.60. The standard InChI is InChI=1S/C22H29N3O2/c1-3-4-5-9-14-19(18-12-7-6-8-13-18)24-25-22(26)17-23-20-15-10-11-16-21(20)27-2/h6-8,10-13,15-16,23H,3-5,9,14,17H2,1-2H3,(H,25,26)/b24-19+. The van der Waals surface area contributed by atoms with E-state index in [1.54, 1.807) is 7.11 Å². The summed E-state index contributed by atoms with van der Waals surface area (Å²) in [6.45, 7) is 2.32. The van der Waals surface area contributed by atoms with Crippen molar-refractivity contribution in [3.05, 3.63) is 60.2 Å². The van der Waals surface area contributed by atoms with Gasteiger partial charge in [-0.3, -0.25) is 4.79 Å². The van der Waals surface area contributed by atoms with Crippen molar-refractivity contribution >= 4 is 17.3 Å². The Morgan fingerprint density at radius 1 is 1.00 bits per heavy atom. The number of nitrogens with one attached hydrogen (secondary N) is 2. The molecule has 0 atom stereocenters. The van der Waals surface area contributed by atoms with Crippen LogP contribution in [0.1, 0.15) is 44.6 Å². The minimum absolute atomic E-state index is 0.127. The molecule has 5 heteroatoms. The van der Waals surface area contributed by atoms with Crippen molar-refractivity contribution in [1.29, 1.82) is 0 Å². The maximum atomic E-state index is 12.2. The van der Waals surface area contributed by atoms with Crippen molar-refractivity contribution in [2.24, 2.45) is 5.10 Å². The molecule has 0 aliphatic carbocycles. The Morgan fingerprint density at radius 3 is 2.48 bits per heavy atom. The lowest BCUT2D eigenvalue weighted by molar-refractivity contribution is -0.119. The third-order valence-corrected chi connectivity index (χ3v) is 4.24. The van der Waals surface area contributed by atoms with Crippen molar-refractivity contribution in [2.45, 2.75) is 39.0 Å². The Kier molecular flexibility index (Phi) is 8.90. The van der Waals surface area contributed by atoms with E-state index in [0.29, 0.717) is 5.75 Å². The summed E-state index contributed by atoms with van der Waals surface area (Å²) in [5, 5.41) is 7.47. The average Bonchev–Trinajstić information content (AvgIpc) is 2.72. The third kappa shape index (κ3) is 7.13. The van der Waals surface area contributed by atoms with Gasteiger partial charge in [0, 0.05) is 0 Å². The van der Waals surface area contributed by atoms with E-state index < -0.39 is 0 Å². The molecule has 5 nitrogen and oxygen atoms in total. The molecule has 0 saturated carbocycles. The fourth-order valence-corrected chi connectivity index (χ4v) is 2.75. The zero-order valence-electron chi connectivity index (χ0n) is 16.2. The molecule has 0 spiro atoms. The number of ether oxygens (including phenoxy) is 1. The van der Waals surface area contributed by atoms with Gasteiger partial charge in [-0.25, -0.2) is 5.43 Å². The van der Waals surface area contributed by atoms with Gasteiger partial charge in [0.1, 0.15) is 5.75 Å². The maximum absolute atomic E-state index is 12.2. The number of anilines is 1. The first kappa shape index (κ1) is 20.5. The van der Waals surface area contributed by atoms with Crippen LogP contribution in [-0.4, -0.2) is 25.3 Å². The van der Waals surface area contributed by atoms with Gasteiger partial charge in [0.2, 0.25) is 0 Å². The SMILES string of the molecule is CCCCCC/C(=N\NC(=O)CNc1ccccc1OC)c1ccccc1. The van der Waals surface area contributed by atoms with Crippen LogP contribution in [0.3, 0.4) is 0 Å². The van der Waals surface area contributed by atoms with Gasteiger partial charge >= 0.3 is 0 Å². The second kappa shape index (κ2) is 11.7. The summed E-state index contributed by atoms with van der Waals surface area (Å²) < 4.78 is 5.28. The highest BCUT2D eigenvalue weighted by molar-refractivity contribution is 6.01. The number of hydrogen-bond donors (Lipinski definition) is 2. The number of hydrazone groups is 1. The molecule has 2 N–H and O–H groups in total. The number of methoxy groups -OCH3 is 1. The normalized spacial score (nSPS) is 11.1. The third-order valence-electron chi connectivity index (χ3n) is 4.24. The van der Waals surface area contributed by atoms with Crippen LogP contribution in [0.4, 0.5) is 5.69 Å². The van der Waals surface area contributed by atoms with Gasteiger partial charge in [0.15, 0.2) is 0 Å². The van der Waals surface area contributed by atoms with Crippen LogP contribution in [0.2, 0.25) is 0 Å². The smallest absolute Gasteiger partial charge is 0.259 e. The molecule has 0 aliphatic heterocycles. The topological polar surface area (TPSA) is 62.7 Å². The lowest BCUT2D eigenvalue weighted by Crippen LogP contribution is -2.27. The summed E-state index contributed by atoms with van der Waals surface area (Å²) in [6, 6.07) is 17.5. The number of carbonyl (C=O) groups excluding carboxylic acids is 1. The molecule has 0 bridgehead atoms. The number of hydrogen-bond acceptors (Lipinski definition) is 4. The number of amides is 1. The van der Waals surface area contributed by atoms with Crippen LogP contribution in [-0.2, 0) is 4.79 Å². The van der Waals surface area contributed by atoms with Crippen LogP contribution in [0.15, 0.2) is 59.7 Å². The van der Waals surface area contributed by atoms with Gasteiger partial charge in [-0.15, -0.1) is 0 Å². The van der Waals surface area contributed by atoms with Crippen molar-refractivity contribution in [3.63, 3.8) is 0 Å². The summed E-state index contributed by atoms with van der Waals surface area (Å²) in [6.07, 6.45) is 5.51. The highest BCUT2D eigenvalue weighted by Crippen LogP contribution is 2.22. The summed E-state index contributed by atoms with van der Waals surface area (Å²) in [5.41, 5.74) is 5.42. The van der Waals surface area contributed by atoms with E-state index in [1.165, 1.54) is 19.3 Å². The fraction of sp³-hybridized carbons (Fsp3) is 0.364. The van der Waals surface area contributed by atoms with E-state index in [-0.39, 0.29) is 12.5 Å². The van der Waals surface area contributed by atoms with Gasteiger partial charge < -0.3 is 10.1 Å². The summed E-state index contributed by atoms with van der Waals surface area (Å²) >= 11 is 0. The number of benzene rings is 2. The quantitative estimate of drug-likeness (QED) is 0.347. The van der Waals surface area contributed by atoms with Crippen LogP contribution in [0, 0.1) is 0 Å². The number of carbonyl (C=O) groups is 1. The first-order chi connectivity index (χ1) is 13.2. The number of unbranched alkanes of at least 4 members (excludes halogenated alkanes) is 3. The molecule has 2 aromatic carbocycles. The first-order valence-corrected chi connectivity index (χ1v) is 9.52. The molecule has 144 valence electrons. The number of nitrogens with zero attached hydrogens (tertiary/aromatic N) is 1. The number of rotatable bonds is 11. The van der Waals surface area contributed by atoms with E-state index >= 15 is 0 Å². The summed E-state index contributed by atoms with van der Waals surface area (Å²) in [7, 11) is 1.61. The maximum Gasteiger partial charge on any atom is 0.259 e. The minimum Gasteiger partial charge on any atom is -0.495 e. The lowest BCUT2D eigenvalue weighted by Gasteiger charge is -2.11. The molecular weight excluding hydrogens is 338 g/mol. The monoisotopic (exact) mass is 367 g/mol. The highest BCUT2D eigenvalue weighted by Gasteiger charge is 2.07. The van der Waals surface area contributed by atoms with Gasteiger partial charge in [-0.05, 0) is 30.5 Å². The Hall–Kier alpha value is -2.82. The minimum atomic E-state index is -0.192. The second-order valence-corrected chi connectivity index (χ2v) is 6.32. The van der Waals surface area contributed by atoms with Crippen molar-refractivity contribution in [1.82, 2.24) is 5.43 Å². The Labute approximate surface area is 161 Å². The Bertz CT molecular complexity index is 729. The number of para-hydroxylation sites is 2. The van der Waals surface area contributed by atoms with Gasteiger partial charge in [0.05, 0.1) is 25.1 Å². The van der Waals surface area contributed by atoms with E-state index in [4.69, 9.17) is 4.74 Å². The molecule has 0 fully saturated rings. The van der Waals surface area contributed by atoms with E-state index in [2.05, 4.69) is 22.8 Å². The highest BCUT2D eigenvalue weighted by atomic mass is 16.5. The summed E-state index contributed by atoms with van der Waals surface area (Å²) in [5.74, 6) is 0.512. The molecule has 0 unspecified atom stereocenters. The van der Waals surface area contributed by atoms with Gasteiger partial charge in [0.25, 0.3) is 5.91 Å². The van der Waals surface area contributed by atoms with Crippen molar-refractivity contribution in [3.8, 4) is 5.75 Å². The molecule has 0 aliphatic rings. The molecule has 0 heterocycles. The first-order valence-electron chi connectivity index (χ1n) is 9.52. The van der Waals surface area contributed by atoms with E-state index in [9.17, 15) is 4.79 Å². The molecule has 2 aromatic rings. The van der Waals surface area contributed by atoms with Crippen molar-refractivity contribution < 1.29 is 9.53 Å². The Morgan fingerprint density at radius 2 is 1.74 bits per heavy atom. The lowest BCUT2D eigenvalue weighted by atomic mass is 10.0. The predicted molar refractivity (Wildman–Crippen MR) is 111 cm³/mol. The molecule has 0 radical (unpaired) electrons. The Balaban J connectivity index is 1.94. The van der Waals surface area contributed by atoms with Crippen LogP contribution in [0.25, 0.3) is 0 Å². The van der Waals surface area contributed by atoms with E-state index in [1.807, 2.05) is 54.6 Å². The van der Waals surface area contributed by atoms with Crippen LogP contribution < -0.4 is 15.5 Å². The average molecular weight is 367 g/mol. The van der Waals surface area contributed by atoms with Gasteiger partial charge in [-0.1, -0.05) is 68.7 Å². The molecule has 27 heavy (non-hydrogen) atoms. The molecular formula is C22H29N3O2. The zero-order valence-corrected chi connectivity index (χ0v) is 16.2. The molecule has 0 saturated heterocycles. The van der Waals surface area contributed by atoms with Crippen LogP contribution >= 0.6 is 0 Å². The second-order valence-electron chi connectivity index (χ2n) is 6.32. The largest absolute Gasteiger partial charge is 0.495 e. The zero-order chi connectivity index (χ0) is 19.3. The summed E-state index contributed by atoms with van der Waals surface area (Å²) in [4.78, 5) is 12.2. The van der Waals surface area contributed by atoms with Gasteiger partial charge in [-0.2, -0.15) is 5.10 Å². The van der Waals surface area contributed by atoms with E-state index in [0.717, 1.165) is 29.8 Å². The molecule has 1 amide bonds. The molecule has 0 aromatic heterocycles. The molecule has 2 rings (SSSR count). The fourth-order valence-electron chi connectivity index (χ4n) is 2.75. The van der Waals surface area contributed by atoms with Crippen LogP contribution in [0.5, 0.6) is 5.75 Å². The van der Waals surface area contributed by atoms with Crippen molar-refractivity contribution in [2.75, 3.05) is 19.0 Å².